The van der Waals surface area contributed by atoms with Crippen LogP contribution < -0.4 is 10.1 Å². The molecule has 1 fully saturated rings. The van der Waals surface area contributed by atoms with E-state index in [4.69, 9.17) is 4.74 Å². The van der Waals surface area contributed by atoms with Gasteiger partial charge in [-0.2, -0.15) is 0 Å². The van der Waals surface area contributed by atoms with Crippen LogP contribution in [-0.4, -0.2) is 57.1 Å². The first-order chi connectivity index (χ1) is 12.0. The van der Waals surface area contributed by atoms with Gasteiger partial charge in [-0.3, -0.25) is 0 Å². The Morgan fingerprint density at radius 2 is 2.12 bits per heavy atom. The number of carbonyl (C=O) groups is 1. The lowest BCUT2D eigenvalue weighted by Gasteiger charge is -2.24. The van der Waals surface area contributed by atoms with Crippen molar-refractivity contribution in [3.8, 4) is 5.75 Å². The van der Waals surface area contributed by atoms with Gasteiger partial charge in [0.15, 0.2) is 9.84 Å². The molecule has 1 aromatic carbocycles. The number of fused-ring (bicyclic) bond motifs is 1. The Kier molecular flexibility index (Phi) is 5.51. The smallest absolute Gasteiger partial charge is 0.317 e. The van der Waals surface area contributed by atoms with E-state index in [0.717, 1.165) is 18.6 Å². The van der Waals surface area contributed by atoms with Crippen LogP contribution in [0.2, 0.25) is 0 Å². The van der Waals surface area contributed by atoms with E-state index in [1.165, 1.54) is 28.9 Å². The standard InChI is InChI=1S/C18H26N2O4S/c1-20(15-9-12-25(22,23)13-15)18(21)19-10-11-24-17-8-4-6-14-5-2-3-7-16(14)17/h4,6,8,15H,2-3,5,7,9-13H2,1H3,(H,19,21). The maximum absolute atomic E-state index is 12.1. The summed E-state index contributed by atoms with van der Waals surface area (Å²) in [5, 5.41) is 2.80. The van der Waals surface area contributed by atoms with E-state index in [1.807, 2.05) is 12.1 Å². The van der Waals surface area contributed by atoms with Crippen LogP contribution in [-0.2, 0) is 22.7 Å². The van der Waals surface area contributed by atoms with Gasteiger partial charge in [0.05, 0.1) is 18.1 Å². The highest BCUT2D eigenvalue weighted by atomic mass is 32.2. The van der Waals surface area contributed by atoms with Gasteiger partial charge in [0.25, 0.3) is 0 Å². The largest absolute Gasteiger partial charge is 0.491 e. The number of aryl methyl sites for hydroxylation is 1. The molecule has 6 nitrogen and oxygen atoms in total. The fourth-order valence-electron chi connectivity index (χ4n) is 3.57. The van der Waals surface area contributed by atoms with Gasteiger partial charge in [-0.25, -0.2) is 13.2 Å². The van der Waals surface area contributed by atoms with Gasteiger partial charge in [-0.1, -0.05) is 12.1 Å². The normalized spacial score (nSPS) is 21.4. The van der Waals surface area contributed by atoms with Crippen LogP contribution in [0.5, 0.6) is 5.75 Å². The first-order valence-corrected chi connectivity index (χ1v) is 10.7. The topological polar surface area (TPSA) is 75.7 Å². The number of hydrogen-bond acceptors (Lipinski definition) is 4. The summed E-state index contributed by atoms with van der Waals surface area (Å²) in [6, 6.07) is 5.69. The summed E-state index contributed by atoms with van der Waals surface area (Å²) >= 11 is 0. The maximum atomic E-state index is 12.1. The lowest BCUT2D eigenvalue weighted by atomic mass is 9.91. The molecule has 1 unspecified atom stereocenters. The molecule has 1 saturated heterocycles. The summed E-state index contributed by atoms with van der Waals surface area (Å²) in [5.74, 6) is 1.14. The zero-order valence-electron chi connectivity index (χ0n) is 14.7. The average molecular weight is 366 g/mol. The highest BCUT2D eigenvalue weighted by Gasteiger charge is 2.32. The monoisotopic (exact) mass is 366 g/mol. The number of amides is 2. The van der Waals surface area contributed by atoms with Crippen LogP contribution in [0.15, 0.2) is 18.2 Å². The highest BCUT2D eigenvalue weighted by molar-refractivity contribution is 7.91. The SMILES string of the molecule is CN(C(=O)NCCOc1cccc2c1CCCC2)C1CCS(=O)(=O)C1. The van der Waals surface area contributed by atoms with E-state index in [9.17, 15) is 13.2 Å². The van der Waals surface area contributed by atoms with E-state index in [2.05, 4.69) is 11.4 Å². The van der Waals surface area contributed by atoms with Gasteiger partial charge >= 0.3 is 6.03 Å². The van der Waals surface area contributed by atoms with Crippen molar-refractivity contribution in [3.05, 3.63) is 29.3 Å². The van der Waals surface area contributed by atoms with Crippen LogP contribution in [0.1, 0.15) is 30.4 Å². The first kappa shape index (κ1) is 18.0. The number of ether oxygens (including phenoxy) is 1. The first-order valence-electron chi connectivity index (χ1n) is 8.91. The molecular weight excluding hydrogens is 340 g/mol. The van der Waals surface area contributed by atoms with Crippen molar-refractivity contribution in [1.29, 1.82) is 0 Å². The number of nitrogens with one attached hydrogen (secondary N) is 1. The Labute approximate surface area is 149 Å². The van der Waals surface area contributed by atoms with Crippen molar-refractivity contribution < 1.29 is 17.9 Å². The Balaban J connectivity index is 1.45. The molecule has 3 rings (SSSR count). The second-order valence-electron chi connectivity index (χ2n) is 6.85. The molecule has 2 amide bonds. The Morgan fingerprint density at radius 3 is 2.88 bits per heavy atom. The van der Waals surface area contributed by atoms with Gasteiger partial charge in [0, 0.05) is 13.1 Å². The number of rotatable bonds is 5. The van der Waals surface area contributed by atoms with Crippen LogP contribution >= 0.6 is 0 Å². The molecule has 2 aliphatic rings. The van der Waals surface area contributed by atoms with E-state index < -0.39 is 9.84 Å². The molecule has 138 valence electrons. The van der Waals surface area contributed by atoms with Gasteiger partial charge in [0.1, 0.15) is 12.4 Å². The molecule has 1 heterocycles. The van der Waals surface area contributed by atoms with E-state index in [-0.39, 0.29) is 23.6 Å². The second-order valence-corrected chi connectivity index (χ2v) is 9.08. The highest BCUT2D eigenvalue weighted by Crippen LogP contribution is 2.29. The van der Waals surface area contributed by atoms with Crippen LogP contribution in [0.4, 0.5) is 4.79 Å². The number of urea groups is 1. The van der Waals surface area contributed by atoms with Crippen molar-refractivity contribution in [1.82, 2.24) is 10.2 Å². The molecule has 1 N–H and O–H groups in total. The van der Waals surface area contributed by atoms with E-state index in [0.29, 0.717) is 19.6 Å². The molecule has 1 atom stereocenters. The molecule has 7 heteroatoms. The third-order valence-corrected chi connectivity index (χ3v) is 6.82. The Hall–Kier alpha value is -1.76. The van der Waals surface area contributed by atoms with Crippen molar-refractivity contribution >= 4 is 15.9 Å². The van der Waals surface area contributed by atoms with E-state index >= 15 is 0 Å². The summed E-state index contributed by atoms with van der Waals surface area (Å²) in [7, 11) is -1.34. The minimum atomic E-state index is -2.99. The van der Waals surface area contributed by atoms with Crippen molar-refractivity contribution in [2.75, 3.05) is 31.7 Å². The molecule has 25 heavy (non-hydrogen) atoms. The number of sulfone groups is 1. The summed E-state index contributed by atoms with van der Waals surface area (Å²) in [4.78, 5) is 13.6. The van der Waals surface area contributed by atoms with Gasteiger partial charge in [-0.05, 0) is 49.3 Å². The third kappa shape index (κ3) is 4.45. The van der Waals surface area contributed by atoms with Crippen LogP contribution in [0, 0.1) is 0 Å². The summed E-state index contributed by atoms with van der Waals surface area (Å²) < 4.78 is 28.9. The molecule has 1 aliphatic heterocycles. The van der Waals surface area contributed by atoms with Crippen molar-refractivity contribution in [2.24, 2.45) is 0 Å². The van der Waals surface area contributed by atoms with Gasteiger partial charge < -0.3 is 15.0 Å². The molecule has 0 bridgehead atoms. The van der Waals surface area contributed by atoms with Crippen LogP contribution in [0.3, 0.4) is 0 Å². The predicted octanol–water partition coefficient (Wildman–Crippen LogP) is 1.77. The average Bonchev–Trinajstić information content (AvgIpc) is 2.97. The number of carbonyl (C=O) groups excluding carboxylic acids is 1. The zero-order valence-corrected chi connectivity index (χ0v) is 15.5. The second kappa shape index (κ2) is 7.64. The van der Waals surface area contributed by atoms with Crippen LogP contribution in [0.25, 0.3) is 0 Å². The fraction of sp³-hybridized carbons (Fsp3) is 0.611. The molecule has 1 aliphatic carbocycles. The lowest BCUT2D eigenvalue weighted by molar-refractivity contribution is 0.192. The van der Waals surface area contributed by atoms with Crippen molar-refractivity contribution in [2.45, 2.75) is 38.1 Å². The predicted molar refractivity (Wildman–Crippen MR) is 96.8 cm³/mol. The number of nitrogens with zero attached hydrogens (tertiary/aromatic N) is 1. The third-order valence-electron chi connectivity index (χ3n) is 5.07. The lowest BCUT2D eigenvalue weighted by Crippen LogP contribution is -2.45. The zero-order chi connectivity index (χ0) is 17.9. The Bertz CT molecular complexity index is 733. The molecule has 0 radical (unpaired) electrons. The van der Waals surface area contributed by atoms with E-state index in [1.54, 1.807) is 7.05 Å². The minimum Gasteiger partial charge on any atom is -0.491 e. The van der Waals surface area contributed by atoms with Gasteiger partial charge in [-0.15, -0.1) is 0 Å². The van der Waals surface area contributed by atoms with Crippen molar-refractivity contribution in [3.63, 3.8) is 0 Å². The molecular formula is C18H26N2O4S. The number of benzene rings is 1. The number of hydrogen-bond donors (Lipinski definition) is 1. The fourth-order valence-corrected chi connectivity index (χ4v) is 5.35. The molecule has 1 aromatic rings. The quantitative estimate of drug-likeness (QED) is 0.806. The molecule has 0 aromatic heterocycles. The summed E-state index contributed by atoms with van der Waals surface area (Å²) in [6.07, 6.45) is 5.10. The minimum absolute atomic E-state index is 0.0591. The maximum Gasteiger partial charge on any atom is 0.317 e. The molecule has 0 saturated carbocycles. The summed E-state index contributed by atoms with van der Waals surface area (Å²) in [6.45, 7) is 0.797. The Morgan fingerprint density at radius 1 is 1.32 bits per heavy atom. The summed E-state index contributed by atoms with van der Waals surface area (Å²) in [5.41, 5.74) is 2.67. The molecule has 0 spiro atoms. The van der Waals surface area contributed by atoms with Gasteiger partial charge in [0.2, 0.25) is 0 Å².